The van der Waals surface area contributed by atoms with E-state index >= 15 is 0 Å². The van der Waals surface area contributed by atoms with E-state index in [1.165, 1.54) is 0 Å². The van der Waals surface area contributed by atoms with Crippen molar-refractivity contribution in [1.82, 2.24) is 0 Å². The van der Waals surface area contributed by atoms with Gasteiger partial charge >= 0.3 is 0 Å². The number of hydrogen-bond acceptors (Lipinski definition) is 1. The van der Waals surface area contributed by atoms with Crippen molar-refractivity contribution in [2.75, 3.05) is 0 Å². The third kappa shape index (κ3) is 3.65. The average molecular weight is 553 g/mol. The molecule has 8 aromatic carbocycles. The van der Waals surface area contributed by atoms with E-state index in [1.54, 1.807) is 0 Å². The molecule has 0 aliphatic carbocycles. The summed E-state index contributed by atoms with van der Waals surface area (Å²) >= 11 is 0. The van der Waals surface area contributed by atoms with Crippen molar-refractivity contribution in [3.63, 3.8) is 0 Å². The molecular formula is C42H26O. The van der Waals surface area contributed by atoms with Gasteiger partial charge in [0.05, 0.1) is 8.22 Å². The number of fused-ring (bicyclic) bond motifs is 7. The number of hydrogen-bond donors (Lipinski definition) is 0. The van der Waals surface area contributed by atoms with Crippen LogP contribution >= 0.6 is 0 Å². The van der Waals surface area contributed by atoms with Crippen LogP contribution in [0.2, 0.25) is 0 Å². The lowest BCUT2D eigenvalue weighted by Gasteiger charge is -2.18. The molecular weight excluding hydrogens is 520 g/mol. The van der Waals surface area contributed by atoms with E-state index in [1.807, 2.05) is 60.7 Å². The first-order valence-electron chi connectivity index (χ1n) is 17.3. The van der Waals surface area contributed by atoms with Crippen LogP contribution < -0.4 is 0 Å². The maximum absolute atomic E-state index is 8.89. The summed E-state index contributed by atoms with van der Waals surface area (Å²) in [5.41, 5.74) is 6.93. The number of rotatable bonds is 3. The smallest absolute Gasteiger partial charge is 0.143 e. The van der Waals surface area contributed by atoms with Gasteiger partial charge in [-0.3, -0.25) is 0 Å². The Kier molecular flexibility index (Phi) is 4.11. The zero-order valence-corrected chi connectivity index (χ0v) is 23.0. The zero-order valence-electron chi connectivity index (χ0n) is 29.0. The quantitative estimate of drug-likeness (QED) is 0.199. The van der Waals surface area contributed by atoms with Crippen molar-refractivity contribution in [3.05, 3.63) is 158 Å². The Morgan fingerprint density at radius 3 is 1.72 bits per heavy atom. The number of para-hydroxylation sites is 1. The predicted octanol–water partition coefficient (Wildman–Crippen LogP) is 12.0. The van der Waals surface area contributed by atoms with Crippen LogP contribution in [0.25, 0.3) is 87.6 Å². The Bertz CT molecular complexity index is 2760. The van der Waals surface area contributed by atoms with E-state index in [0.717, 1.165) is 54.9 Å². The van der Waals surface area contributed by atoms with Crippen molar-refractivity contribution in [1.29, 1.82) is 0 Å². The summed E-state index contributed by atoms with van der Waals surface area (Å²) in [5.74, 6) is 0. The van der Waals surface area contributed by atoms with Gasteiger partial charge in [0.1, 0.15) is 11.2 Å². The van der Waals surface area contributed by atoms with Crippen LogP contribution in [0.5, 0.6) is 0 Å². The van der Waals surface area contributed by atoms with Gasteiger partial charge in [-0.05, 0) is 60.6 Å². The highest BCUT2D eigenvalue weighted by Gasteiger charge is 2.20. The fraction of sp³-hybridized carbons (Fsp3) is 0. The number of furan rings is 1. The second kappa shape index (κ2) is 9.44. The van der Waals surface area contributed by atoms with Gasteiger partial charge in [-0.2, -0.15) is 0 Å². The molecule has 1 nitrogen and oxygen atoms in total. The van der Waals surface area contributed by atoms with E-state index in [0.29, 0.717) is 16.4 Å². The molecule has 1 heterocycles. The maximum atomic E-state index is 8.89. The van der Waals surface area contributed by atoms with Gasteiger partial charge in [-0.15, -0.1) is 0 Å². The number of benzene rings is 8. The first kappa shape index (κ1) is 18.7. The molecule has 0 spiro atoms. The van der Waals surface area contributed by atoms with E-state index in [-0.39, 0.29) is 46.6 Å². The minimum atomic E-state index is -0.425. The van der Waals surface area contributed by atoms with E-state index < -0.39 is 6.04 Å². The third-order valence-electron chi connectivity index (χ3n) is 8.44. The van der Waals surface area contributed by atoms with Gasteiger partial charge < -0.3 is 4.42 Å². The third-order valence-corrected chi connectivity index (χ3v) is 8.44. The topological polar surface area (TPSA) is 13.1 Å². The lowest BCUT2D eigenvalue weighted by atomic mass is 9.85. The van der Waals surface area contributed by atoms with Crippen molar-refractivity contribution in [2.24, 2.45) is 0 Å². The van der Waals surface area contributed by atoms with Gasteiger partial charge in [0.2, 0.25) is 0 Å². The van der Waals surface area contributed by atoms with Gasteiger partial charge in [-0.1, -0.05) is 152 Å². The van der Waals surface area contributed by atoms with Crippen LogP contribution in [0.3, 0.4) is 0 Å². The first-order valence-corrected chi connectivity index (χ1v) is 14.3. The summed E-state index contributed by atoms with van der Waals surface area (Å²) < 4.78 is 58.2. The monoisotopic (exact) mass is 552 g/mol. The Labute approximate surface area is 257 Å². The Balaban J connectivity index is 1.37. The Morgan fingerprint density at radius 2 is 1.00 bits per heavy atom. The molecule has 43 heavy (non-hydrogen) atoms. The Hall–Kier alpha value is -5.66. The molecule has 0 aliphatic rings. The molecule has 0 amide bonds. The van der Waals surface area contributed by atoms with Crippen molar-refractivity contribution < 1.29 is 12.6 Å². The molecule has 0 bridgehead atoms. The van der Waals surface area contributed by atoms with Crippen molar-refractivity contribution in [3.8, 4) is 33.4 Å². The highest BCUT2D eigenvalue weighted by atomic mass is 16.3. The lowest BCUT2D eigenvalue weighted by molar-refractivity contribution is 0.670. The molecule has 1 aromatic heterocycles. The SMILES string of the molecule is [2H]c1c([2H])c([2H])c2c(c1[2H])c([2H])c([2H])c1oc3c(-c4c5ccccc5c(-c5ccc(-c6ccccc6)cc5)c5ccccc45)cccc3c12. The zero-order chi connectivity index (χ0) is 33.6. The van der Waals surface area contributed by atoms with Crippen molar-refractivity contribution in [2.45, 2.75) is 0 Å². The van der Waals surface area contributed by atoms with Crippen molar-refractivity contribution >= 4 is 54.3 Å². The summed E-state index contributed by atoms with van der Waals surface area (Å²) in [6.07, 6.45) is 0. The molecule has 0 aliphatic heterocycles. The largest absolute Gasteiger partial charge is 0.455 e. The highest BCUT2D eigenvalue weighted by Crippen LogP contribution is 2.47. The fourth-order valence-corrected chi connectivity index (χ4v) is 6.55. The minimum Gasteiger partial charge on any atom is -0.455 e. The predicted molar refractivity (Wildman–Crippen MR) is 183 cm³/mol. The molecule has 0 saturated heterocycles. The van der Waals surface area contributed by atoms with E-state index in [2.05, 4.69) is 60.7 Å². The summed E-state index contributed by atoms with van der Waals surface area (Å²) in [5, 5.41) is 5.47. The van der Waals surface area contributed by atoms with Crippen LogP contribution in [0.1, 0.15) is 8.22 Å². The van der Waals surface area contributed by atoms with Crippen LogP contribution in [0, 0.1) is 0 Å². The fourth-order valence-electron chi connectivity index (χ4n) is 6.55. The molecule has 0 unspecified atom stereocenters. The first-order chi connectivity index (χ1) is 23.8. The highest BCUT2D eigenvalue weighted by molar-refractivity contribution is 6.26. The molecule has 1 heteroatoms. The van der Waals surface area contributed by atoms with Crippen LogP contribution in [0.4, 0.5) is 0 Å². The van der Waals surface area contributed by atoms with Crippen LogP contribution in [-0.2, 0) is 0 Å². The molecule has 0 radical (unpaired) electrons. The molecule has 0 fully saturated rings. The van der Waals surface area contributed by atoms with Crippen LogP contribution in [0.15, 0.2) is 162 Å². The average Bonchev–Trinajstić information content (AvgIpc) is 3.54. The second-order valence-corrected chi connectivity index (χ2v) is 10.8. The van der Waals surface area contributed by atoms with Gasteiger partial charge in [0, 0.05) is 21.9 Å². The molecule has 0 saturated carbocycles. The summed E-state index contributed by atoms with van der Waals surface area (Å²) in [6.45, 7) is 0. The molecule has 0 atom stereocenters. The molecule has 0 N–H and O–H groups in total. The maximum Gasteiger partial charge on any atom is 0.143 e. The summed E-state index contributed by atoms with van der Waals surface area (Å²) in [6, 6.07) is 39.6. The molecule has 9 rings (SSSR count). The minimum absolute atomic E-state index is 0.0233. The van der Waals surface area contributed by atoms with Gasteiger partial charge in [0.25, 0.3) is 0 Å². The normalized spacial score (nSPS) is 13.7. The second-order valence-electron chi connectivity index (χ2n) is 10.8. The lowest BCUT2D eigenvalue weighted by Crippen LogP contribution is -1.91. The molecule has 200 valence electrons. The van der Waals surface area contributed by atoms with Gasteiger partial charge in [-0.25, -0.2) is 0 Å². The van der Waals surface area contributed by atoms with E-state index in [4.69, 9.17) is 12.6 Å². The van der Waals surface area contributed by atoms with E-state index in [9.17, 15) is 0 Å². The van der Waals surface area contributed by atoms with Gasteiger partial charge in [0.15, 0.2) is 0 Å². The molecule has 9 aromatic rings. The Morgan fingerprint density at radius 1 is 0.419 bits per heavy atom. The summed E-state index contributed by atoms with van der Waals surface area (Å²) in [7, 11) is 0. The standard InChI is InChI=1S/C42H26O/c1-2-11-27(12-3-1)28-21-23-30(24-22-28)39-32-15-6-8-17-34(32)40(35-18-9-7-16-33(35)39)36-19-10-20-37-41-31-14-5-4-13-29(31)25-26-38(41)43-42(36)37/h1-26H/i4D,5D,13D,14D,25D,26D. The van der Waals surface area contributed by atoms with Crippen LogP contribution in [-0.4, -0.2) is 0 Å². The summed E-state index contributed by atoms with van der Waals surface area (Å²) in [4.78, 5) is 0.